The Morgan fingerprint density at radius 3 is 2.92 bits per heavy atom. The van der Waals surface area contributed by atoms with Gasteiger partial charge in [0.2, 0.25) is 0 Å². The van der Waals surface area contributed by atoms with Gasteiger partial charge in [-0.2, -0.15) is 0 Å². The summed E-state index contributed by atoms with van der Waals surface area (Å²) in [4.78, 5) is 0. The number of hydrogen-bond donors (Lipinski definition) is 1. The molecule has 2 aliphatic heterocycles. The lowest BCUT2D eigenvalue weighted by atomic mass is 9.94. The molecule has 2 unspecified atom stereocenters. The number of piperidine rings is 1. The molecule has 0 aliphatic carbocycles. The number of hydrazine groups is 1. The van der Waals surface area contributed by atoms with Crippen LogP contribution < -0.4 is 5.43 Å². The normalized spacial score (nSPS) is 38.0. The lowest BCUT2D eigenvalue weighted by molar-refractivity contribution is 0.116. The zero-order valence-corrected chi connectivity index (χ0v) is 7.89. The van der Waals surface area contributed by atoms with Crippen molar-refractivity contribution in [3.8, 4) is 0 Å². The van der Waals surface area contributed by atoms with Crippen molar-refractivity contribution in [2.45, 2.75) is 38.5 Å². The average Bonchev–Trinajstić information content (AvgIpc) is 2.17. The third kappa shape index (κ3) is 2.20. The van der Waals surface area contributed by atoms with Gasteiger partial charge in [0.15, 0.2) is 0 Å². The molecule has 0 radical (unpaired) electrons. The smallest absolute Gasteiger partial charge is 0.0159 e. The summed E-state index contributed by atoms with van der Waals surface area (Å²) in [7, 11) is 0. The van der Waals surface area contributed by atoms with E-state index in [1.807, 2.05) is 0 Å². The van der Waals surface area contributed by atoms with E-state index in [-0.39, 0.29) is 0 Å². The minimum absolute atomic E-state index is 0.990. The molecule has 2 aliphatic rings. The summed E-state index contributed by atoms with van der Waals surface area (Å²) in [5, 5.41) is 2.44. The Labute approximate surface area is 75.3 Å². The number of nitrogens with one attached hydrogen (secondary N) is 1. The van der Waals surface area contributed by atoms with Crippen LogP contribution in [0, 0.1) is 5.92 Å². The third-order valence-electron chi connectivity index (χ3n) is 3.14. The van der Waals surface area contributed by atoms with Crippen molar-refractivity contribution in [3.05, 3.63) is 0 Å². The summed E-state index contributed by atoms with van der Waals surface area (Å²) in [6.07, 6.45) is 8.59. The van der Waals surface area contributed by atoms with Gasteiger partial charge in [-0.3, -0.25) is 5.43 Å². The summed E-state index contributed by atoms with van der Waals surface area (Å²) < 4.78 is 0. The van der Waals surface area contributed by atoms with Crippen molar-refractivity contribution >= 4 is 0 Å². The van der Waals surface area contributed by atoms with Gasteiger partial charge < -0.3 is 0 Å². The molecule has 0 aromatic rings. The van der Waals surface area contributed by atoms with Crippen molar-refractivity contribution in [1.29, 1.82) is 0 Å². The minimum atomic E-state index is 0.990. The summed E-state index contributed by atoms with van der Waals surface area (Å²) in [6.45, 7) is 3.78. The Bertz CT molecular complexity index is 122. The predicted octanol–water partition coefficient (Wildman–Crippen LogP) is 1.78. The van der Waals surface area contributed by atoms with Crippen molar-refractivity contribution < 1.29 is 0 Å². The largest absolute Gasteiger partial charge is 0.255 e. The molecule has 2 rings (SSSR count). The average molecular weight is 168 g/mol. The second kappa shape index (κ2) is 4.24. The van der Waals surface area contributed by atoms with Gasteiger partial charge in [0.05, 0.1) is 0 Å². The zero-order chi connectivity index (χ0) is 8.23. The van der Waals surface area contributed by atoms with Crippen LogP contribution in [0.3, 0.4) is 0 Å². The van der Waals surface area contributed by atoms with Gasteiger partial charge >= 0.3 is 0 Å². The molecule has 0 aromatic carbocycles. The van der Waals surface area contributed by atoms with Gasteiger partial charge in [-0.1, -0.05) is 12.8 Å². The Hall–Kier alpha value is -0.0800. The first-order chi connectivity index (χ1) is 5.95. The maximum absolute atomic E-state index is 3.53. The maximum atomic E-state index is 3.53. The van der Waals surface area contributed by atoms with Gasteiger partial charge in [0.1, 0.15) is 0 Å². The molecule has 2 atom stereocenters. The molecule has 0 spiro atoms. The van der Waals surface area contributed by atoms with E-state index in [4.69, 9.17) is 0 Å². The summed E-state index contributed by atoms with van der Waals surface area (Å²) in [5.41, 5.74) is 3.53. The highest BCUT2D eigenvalue weighted by molar-refractivity contribution is 4.72. The summed E-state index contributed by atoms with van der Waals surface area (Å²) >= 11 is 0. The fourth-order valence-corrected chi connectivity index (χ4v) is 2.42. The van der Waals surface area contributed by atoms with Gasteiger partial charge in [-0.25, -0.2) is 5.01 Å². The molecule has 70 valence electrons. The summed E-state index contributed by atoms with van der Waals surface area (Å²) in [5.74, 6) is 0.990. The van der Waals surface area contributed by atoms with E-state index in [0.29, 0.717) is 0 Å². The van der Waals surface area contributed by atoms with E-state index in [1.54, 1.807) is 0 Å². The second-order valence-corrected chi connectivity index (χ2v) is 4.21. The van der Waals surface area contributed by atoms with E-state index in [2.05, 4.69) is 10.4 Å². The molecule has 0 aromatic heterocycles. The monoisotopic (exact) mass is 168 g/mol. The maximum Gasteiger partial charge on any atom is 0.0159 e. The molecular weight excluding hydrogens is 148 g/mol. The summed E-state index contributed by atoms with van der Waals surface area (Å²) in [6, 6.07) is 0. The van der Waals surface area contributed by atoms with Crippen LogP contribution in [-0.2, 0) is 0 Å². The first-order valence-corrected chi connectivity index (χ1v) is 5.43. The van der Waals surface area contributed by atoms with E-state index in [0.717, 1.165) is 5.92 Å². The van der Waals surface area contributed by atoms with E-state index < -0.39 is 0 Å². The van der Waals surface area contributed by atoms with Gasteiger partial charge in [-0.05, 0) is 31.6 Å². The first kappa shape index (κ1) is 8.52. The number of hydrogen-bond acceptors (Lipinski definition) is 2. The predicted molar refractivity (Wildman–Crippen MR) is 50.8 cm³/mol. The van der Waals surface area contributed by atoms with Crippen LogP contribution in [0.15, 0.2) is 0 Å². The Morgan fingerprint density at radius 1 is 1.00 bits per heavy atom. The Morgan fingerprint density at radius 2 is 1.92 bits per heavy atom. The Kier molecular flexibility index (Phi) is 3.01. The zero-order valence-electron chi connectivity index (χ0n) is 7.89. The van der Waals surface area contributed by atoms with Gasteiger partial charge in [0, 0.05) is 19.6 Å². The molecule has 0 saturated carbocycles. The van der Waals surface area contributed by atoms with Crippen molar-refractivity contribution in [3.63, 3.8) is 0 Å². The molecule has 0 amide bonds. The third-order valence-corrected chi connectivity index (χ3v) is 3.14. The van der Waals surface area contributed by atoms with Crippen LogP contribution in [0.25, 0.3) is 0 Å². The first-order valence-electron chi connectivity index (χ1n) is 5.43. The topological polar surface area (TPSA) is 15.3 Å². The fraction of sp³-hybridized carbons (Fsp3) is 1.00. The highest BCUT2D eigenvalue weighted by Crippen LogP contribution is 2.21. The van der Waals surface area contributed by atoms with Crippen LogP contribution in [0.4, 0.5) is 0 Å². The second-order valence-electron chi connectivity index (χ2n) is 4.21. The van der Waals surface area contributed by atoms with E-state index >= 15 is 0 Å². The molecule has 2 fully saturated rings. The van der Waals surface area contributed by atoms with Crippen LogP contribution in [-0.4, -0.2) is 24.6 Å². The number of nitrogens with zero attached hydrogens (tertiary/aromatic N) is 1. The number of fused-ring (bicyclic) bond motifs is 2. The highest BCUT2D eigenvalue weighted by atomic mass is 15.5. The standard InChI is InChI=1S/C10H20N2/c1-2-5-10-6-4-8-12(9-10)11-7-3-1/h10-11H,1-9H2. The molecule has 2 nitrogen and oxygen atoms in total. The van der Waals surface area contributed by atoms with Crippen LogP contribution in [0.5, 0.6) is 0 Å². The lowest BCUT2D eigenvalue weighted by Crippen LogP contribution is -2.44. The number of rotatable bonds is 0. The lowest BCUT2D eigenvalue weighted by Gasteiger charge is -2.32. The molecule has 12 heavy (non-hydrogen) atoms. The molecule has 2 heteroatoms. The van der Waals surface area contributed by atoms with E-state index in [9.17, 15) is 0 Å². The molecule has 1 N–H and O–H groups in total. The van der Waals surface area contributed by atoms with Gasteiger partial charge in [0.25, 0.3) is 0 Å². The fourth-order valence-electron chi connectivity index (χ4n) is 2.42. The van der Waals surface area contributed by atoms with Crippen LogP contribution in [0.1, 0.15) is 38.5 Å². The van der Waals surface area contributed by atoms with E-state index in [1.165, 1.54) is 58.2 Å². The molecular formula is C10H20N2. The van der Waals surface area contributed by atoms with Gasteiger partial charge in [-0.15, -0.1) is 0 Å². The van der Waals surface area contributed by atoms with Crippen molar-refractivity contribution in [2.75, 3.05) is 19.6 Å². The van der Waals surface area contributed by atoms with Crippen LogP contribution >= 0.6 is 0 Å². The minimum Gasteiger partial charge on any atom is -0.255 e. The molecule has 2 heterocycles. The quantitative estimate of drug-likeness (QED) is 0.593. The molecule has 2 saturated heterocycles. The van der Waals surface area contributed by atoms with Crippen LogP contribution in [0.2, 0.25) is 0 Å². The van der Waals surface area contributed by atoms with Crippen molar-refractivity contribution in [1.82, 2.24) is 10.4 Å². The highest BCUT2D eigenvalue weighted by Gasteiger charge is 2.19. The van der Waals surface area contributed by atoms with Crippen molar-refractivity contribution in [2.24, 2.45) is 5.92 Å². The molecule has 2 bridgehead atoms. The Balaban J connectivity index is 1.88. The SMILES string of the molecule is C1CCNN2CCCC(CC1)C2.